The third-order valence-electron chi connectivity index (χ3n) is 16.9. The number of fused-ring (bicyclic) bond motifs is 20. The summed E-state index contributed by atoms with van der Waals surface area (Å²) in [5.74, 6) is -5.09. The summed E-state index contributed by atoms with van der Waals surface area (Å²) in [5.41, 5.74) is 0. The van der Waals surface area contributed by atoms with E-state index < -0.39 is 72.2 Å². The Morgan fingerprint density at radius 1 is 0.324 bits per heavy atom. The van der Waals surface area contributed by atoms with Crippen LogP contribution in [0.2, 0.25) is 0 Å². The Morgan fingerprint density at radius 3 is 0.676 bits per heavy atom. The molecule has 7 saturated heterocycles. The van der Waals surface area contributed by atoms with E-state index in [1.807, 2.05) is 27.7 Å². The van der Waals surface area contributed by atoms with Crippen LogP contribution in [0.5, 0.6) is 0 Å². The quantitative estimate of drug-likeness (QED) is 0.140. The Hall–Kier alpha value is -0.800. The molecule has 8 bridgehead atoms. The molecule has 0 radical (unpaired) electrons. The molecular formula is C48H88N8O12. The van der Waals surface area contributed by atoms with Crippen LogP contribution < -0.4 is 42.5 Å². The predicted molar refractivity (Wildman–Crippen MR) is 249 cm³/mol. The third kappa shape index (κ3) is 9.17. The fourth-order valence-electron chi connectivity index (χ4n) is 13.5. The summed E-state index contributed by atoms with van der Waals surface area (Å²) in [4.78, 5) is 0. The first kappa shape index (κ1) is 52.1. The van der Waals surface area contributed by atoms with Crippen molar-refractivity contribution in [1.29, 1.82) is 0 Å². The molecule has 0 spiro atoms. The van der Waals surface area contributed by atoms with Gasteiger partial charge in [-0.15, -0.1) is 0 Å². The summed E-state index contributed by atoms with van der Waals surface area (Å²) >= 11 is 0. The predicted octanol–water partition coefficient (Wildman–Crippen LogP) is 1.63. The number of rotatable bonds is 12. The molecule has 24 atom stereocenters. The second-order valence-corrected chi connectivity index (χ2v) is 22.4. The number of hydrogen-bond donors (Lipinski definition) is 8. The second kappa shape index (κ2) is 19.8. The van der Waals surface area contributed by atoms with Crippen LogP contribution in [0.4, 0.5) is 0 Å². The molecule has 0 amide bonds. The zero-order chi connectivity index (χ0) is 48.8. The molecule has 0 aromatic heterocycles. The Balaban J connectivity index is 1.17. The van der Waals surface area contributed by atoms with Gasteiger partial charge in [-0.1, -0.05) is 0 Å². The highest BCUT2D eigenvalue weighted by Crippen LogP contribution is 2.49. The van der Waals surface area contributed by atoms with Crippen LogP contribution in [0.15, 0.2) is 0 Å². The van der Waals surface area contributed by atoms with E-state index in [1.54, 1.807) is 28.4 Å². The van der Waals surface area contributed by atoms with Crippen molar-refractivity contribution < 1.29 is 56.8 Å². The van der Waals surface area contributed by atoms with Crippen molar-refractivity contribution in [3.63, 3.8) is 0 Å². The average molecular weight is 969 g/mol. The van der Waals surface area contributed by atoms with Gasteiger partial charge in [0, 0.05) is 52.1 Å². The highest BCUT2D eigenvalue weighted by molar-refractivity contribution is 5.15. The van der Waals surface area contributed by atoms with Gasteiger partial charge in [-0.05, 0) is 109 Å². The summed E-state index contributed by atoms with van der Waals surface area (Å²) in [5, 5.41) is 32.4. The summed E-state index contributed by atoms with van der Waals surface area (Å²) in [6.45, 7) is 24.4. The van der Waals surface area contributed by atoms with E-state index >= 15 is 0 Å². The van der Waals surface area contributed by atoms with E-state index in [0.717, 1.165) is 25.7 Å². The number of hydrogen-bond acceptors (Lipinski definition) is 20. The molecule has 24 unspecified atom stereocenters. The summed E-state index contributed by atoms with van der Waals surface area (Å²) in [6, 6.07) is 0. The Bertz CT molecular complexity index is 1490. The summed E-state index contributed by atoms with van der Waals surface area (Å²) in [7, 11) is 6.53. The molecule has 7 aliphatic heterocycles. The minimum absolute atomic E-state index is 0.0172. The molecule has 0 aromatic rings. The topological polar surface area (TPSA) is 207 Å². The van der Waals surface area contributed by atoms with Crippen molar-refractivity contribution in [2.75, 3.05) is 28.4 Å². The molecule has 392 valence electrons. The van der Waals surface area contributed by atoms with Gasteiger partial charge in [-0.3, -0.25) is 42.5 Å². The standard InChI is InChI=1S/C48H88N8O12/c1-21(2)61-25-17-18-26(62-22(3)4)30-29(25)37-49-38(30)52-42-35-36(68-48(12,60-16)47(11,59-15)67-35)44(56-42)54-40-32-28(64-24(7)8)20-19-27(63-23(5)6)31(32)39(50-40)53-43-34-33(41(51-37)55-43)65-45(9,57-13)46(10,58-14)66-34/h21-44,49-56H,17-20H2,1-16H3. The third-order valence-corrected chi connectivity index (χ3v) is 16.9. The lowest BCUT2D eigenvalue weighted by Gasteiger charge is -2.52. The molecular weight excluding hydrogens is 881 g/mol. The first-order valence-electron chi connectivity index (χ1n) is 25.8. The molecule has 8 N–H and O–H groups in total. The molecule has 68 heavy (non-hydrogen) atoms. The highest BCUT2D eigenvalue weighted by atomic mass is 16.8. The minimum atomic E-state index is -1.25. The van der Waals surface area contributed by atoms with Gasteiger partial charge in [0.05, 0.1) is 98.2 Å². The van der Waals surface area contributed by atoms with Crippen molar-refractivity contribution >= 4 is 0 Å². The zero-order valence-electron chi connectivity index (χ0n) is 43.6. The van der Waals surface area contributed by atoms with E-state index in [0.29, 0.717) is 0 Å². The lowest BCUT2D eigenvalue weighted by Crippen LogP contribution is -2.69. The van der Waals surface area contributed by atoms with E-state index in [-0.39, 0.29) is 97.2 Å². The van der Waals surface area contributed by atoms with Crippen molar-refractivity contribution in [3.8, 4) is 0 Å². The zero-order valence-corrected chi connectivity index (χ0v) is 43.6. The van der Waals surface area contributed by atoms with Crippen molar-refractivity contribution in [2.45, 2.75) is 254 Å². The van der Waals surface area contributed by atoms with Crippen LogP contribution in [-0.2, 0) is 56.8 Å². The van der Waals surface area contributed by atoms with Crippen LogP contribution >= 0.6 is 0 Å². The average Bonchev–Trinajstić information content (AvgIpc) is 4.00. The van der Waals surface area contributed by atoms with Gasteiger partial charge in [-0.2, -0.15) is 0 Å². The molecule has 2 saturated carbocycles. The lowest BCUT2D eigenvalue weighted by molar-refractivity contribution is -0.446. The Kier molecular flexibility index (Phi) is 15.2. The normalized spacial score (nSPS) is 52.4. The van der Waals surface area contributed by atoms with E-state index in [9.17, 15) is 0 Å². The monoisotopic (exact) mass is 969 g/mol. The largest absolute Gasteiger partial charge is 0.375 e. The molecule has 0 aromatic carbocycles. The van der Waals surface area contributed by atoms with Gasteiger partial charge in [0.1, 0.15) is 24.4 Å². The summed E-state index contributed by atoms with van der Waals surface area (Å²) in [6.07, 6.45) is -1.73. The fraction of sp³-hybridized carbons (Fsp3) is 1.00. The smallest absolute Gasteiger partial charge is 0.220 e. The van der Waals surface area contributed by atoms with Gasteiger partial charge in [0.15, 0.2) is 0 Å². The first-order valence-corrected chi connectivity index (χ1v) is 25.8. The maximum absolute atomic E-state index is 7.12. The molecule has 20 nitrogen and oxygen atoms in total. The summed E-state index contributed by atoms with van der Waals surface area (Å²) < 4.78 is 80.5. The van der Waals surface area contributed by atoms with Crippen LogP contribution in [0.25, 0.3) is 0 Å². The Morgan fingerprint density at radius 2 is 0.500 bits per heavy atom. The minimum Gasteiger partial charge on any atom is -0.375 e. The number of methoxy groups -OCH3 is 4. The molecule has 9 fully saturated rings. The van der Waals surface area contributed by atoms with Crippen LogP contribution in [-0.4, -0.2) is 174 Å². The first-order chi connectivity index (χ1) is 32.2. The second-order valence-electron chi connectivity index (χ2n) is 22.4. The van der Waals surface area contributed by atoms with Gasteiger partial charge in [0.25, 0.3) is 0 Å². The van der Waals surface area contributed by atoms with Crippen molar-refractivity contribution in [2.24, 2.45) is 23.7 Å². The fourth-order valence-corrected chi connectivity index (χ4v) is 13.5. The van der Waals surface area contributed by atoms with Gasteiger partial charge in [-0.25, -0.2) is 0 Å². The Labute approximate surface area is 405 Å². The van der Waals surface area contributed by atoms with Crippen LogP contribution in [0, 0.1) is 23.7 Å². The molecule has 7 heterocycles. The maximum atomic E-state index is 7.12. The van der Waals surface area contributed by atoms with Crippen molar-refractivity contribution in [3.05, 3.63) is 0 Å². The number of nitrogens with one attached hydrogen (secondary N) is 8. The van der Waals surface area contributed by atoms with E-state index in [2.05, 4.69) is 97.9 Å². The molecule has 20 heteroatoms. The van der Waals surface area contributed by atoms with E-state index in [1.165, 1.54) is 0 Å². The van der Waals surface area contributed by atoms with Gasteiger partial charge < -0.3 is 56.8 Å². The van der Waals surface area contributed by atoms with Gasteiger partial charge in [0.2, 0.25) is 23.1 Å². The SMILES string of the molecule is COC1(C)OC2C3NC(NC4NC(NC5NC(NC6NC(N3)C3C(OC(C)C)CCC(OC(C)C)C63)C3OC(C)(OC)C(C)(OC)OC53)C3C(OC(C)C)CCC(OC(C)C)C43)C2OC1(C)OC. The molecule has 2 aliphatic carbocycles. The van der Waals surface area contributed by atoms with Crippen LogP contribution in [0.3, 0.4) is 0 Å². The van der Waals surface area contributed by atoms with Gasteiger partial charge >= 0.3 is 0 Å². The number of ether oxygens (including phenoxy) is 12. The van der Waals surface area contributed by atoms with E-state index in [4.69, 9.17) is 56.8 Å². The maximum Gasteiger partial charge on any atom is 0.220 e. The molecule has 9 aliphatic rings. The lowest BCUT2D eigenvalue weighted by atomic mass is 9.74. The van der Waals surface area contributed by atoms with Crippen molar-refractivity contribution in [1.82, 2.24) is 42.5 Å². The van der Waals surface area contributed by atoms with Crippen LogP contribution in [0.1, 0.15) is 109 Å². The highest BCUT2D eigenvalue weighted by Gasteiger charge is 2.67. The molecule has 9 rings (SSSR count).